The molecule has 1 aliphatic heterocycles. The molecule has 7 heteroatoms. The number of fused-ring (bicyclic) bond motifs is 1. The molecular formula is C14H16ClN3O3. The van der Waals surface area contributed by atoms with Gasteiger partial charge in [0.15, 0.2) is 17.3 Å². The van der Waals surface area contributed by atoms with E-state index in [0.29, 0.717) is 36.4 Å². The highest BCUT2D eigenvalue weighted by atomic mass is 35.5. The number of ether oxygens (including phenoxy) is 2. The maximum atomic E-state index is 6.21. The predicted molar refractivity (Wildman–Crippen MR) is 77.7 cm³/mol. The molecule has 21 heavy (non-hydrogen) atoms. The Balaban J connectivity index is 0.00000132. The summed E-state index contributed by atoms with van der Waals surface area (Å²) in [6.45, 7) is 1.07. The second kappa shape index (κ2) is 5.20. The lowest BCUT2D eigenvalue weighted by atomic mass is 9.77. The van der Waals surface area contributed by atoms with Gasteiger partial charge in [-0.1, -0.05) is 11.2 Å². The van der Waals surface area contributed by atoms with Crippen molar-refractivity contribution >= 4 is 12.4 Å². The van der Waals surface area contributed by atoms with Gasteiger partial charge >= 0.3 is 0 Å². The van der Waals surface area contributed by atoms with Crippen LogP contribution in [0.4, 0.5) is 0 Å². The van der Waals surface area contributed by atoms with E-state index in [9.17, 15) is 0 Å². The Hall–Kier alpha value is -1.79. The fourth-order valence-electron chi connectivity index (χ4n) is 2.56. The van der Waals surface area contributed by atoms with Crippen LogP contribution in [-0.4, -0.2) is 23.4 Å². The van der Waals surface area contributed by atoms with Crippen LogP contribution in [0.1, 0.15) is 25.1 Å². The summed E-state index contributed by atoms with van der Waals surface area (Å²) in [5.74, 6) is 2.38. The number of nitrogens with two attached hydrogens (primary N) is 1. The van der Waals surface area contributed by atoms with E-state index in [2.05, 4.69) is 10.1 Å². The fraction of sp³-hybridized carbons (Fsp3) is 0.429. The van der Waals surface area contributed by atoms with Gasteiger partial charge in [0.05, 0.1) is 11.1 Å². The maximum absolute atomic E-state index is 6.21. The predicted octanol–water partition coefficient (Wildman–Crippen LogP) is 2.27. The molecule has 0 radical (unpaired) electrons. The molecule has 0 amide bonds. The topological polar surface area (TPSA) is 83.4 Å². The van der Waals surface area contributed by atoms with Crippen molar-refractivity contribution in [3.63, 3.8) is 0 Å². The first-order valence-corrected chi connectivity index (χ1v) is 6.78. The number of benzene rings is 1. The van der Waals surface area contributed by atoms with Crippen molar-refractivity contribution in [2.75, 3.05) is 13.2 Å². The van der Waals surface area contributed by atoms with Crippen LogP contribution >= 0.6 is 12.4 Å². The first-order valence-electron chi connectivity index (χ1n) is 6.78. The molecule has 0 unspecified atom stereocenters. The summed E-state index contributed by atoms with van der Waals surface area (Å²) < 4.78 is 16.6. The fourth-order valence-corrected chi connectivity index (χ4v) is 2.56. The lowest BCUT2D eigenvalue weighted by Gasteiger charge is -2.34. The molecule has 2 aromatic rings. The number of para-hydroxylation sites is 1. The first-order chi connectivity index (χ1) is 9.76. The van der Waals surface area contributed by atoms with Crippen LogP contribution in [0.25, 0.3) is 11.5 Å². The lowest BCUT2D eigenvalue weighted by Crippen LogP contribution is -2.44. The number of hydrogen-bond donors (Lipinski definition) is 1. The average molecular weight is 310 g/mol. The van der Waals surface area contributed by atoms with E-state index < -0.39 is 5.54 Å². The second-order valence-electron chi connectivity index (χ2n) is 5.26. The zero-order valence-corrected chi connectivity index (χ0v) is 12.2. The van der Waals surface area contributed by atoms with Crippen LogP contribution in [-0.2, 0) is 5.54 Å². The standard InChI is InChI=1S/C14H15N3O3.ClH/c15-14(5-2-6-14)13-16-12(20-17-13)9-3-1-4-10-11(9)19-8-7-18-10;/h1,3-4H,2,5-8,15H2;1H. The minimum Gasteiger partial charge on any atom is -0.486 e. The summed E-state index contributed by atoms with van der Waals surface area (Å²) in [7, 11) is 0. The molecule has 1 saturated carbocycles. The van der Waals surface area contributed by atoms with Gasteiger partial charge in [-0.15, -0.1) is 12.4 Å². The number of hydrogen-bond acceptors (Lipinski definition) is 6. The number of nitrogens with zero attached hydrogens (tertiary/aromatic N) is 2. The first kappa shape index (κ1) is 14.2. The van der Waals surface area contributed by atoms with Crippen molar-refractivity contribution in [1.29, 1.82) is 0 Å². The van der Waals surface area contributed by atoms with Crippen molar-refractivity contribution < 1.29 is 14.0 Å². The molecule has 0 spiro atoms. The molecular weight excluding hydrogens is 294 g/mol. The molecule has 1 aromatic heterocycles. The summed E-state index contributed by atoms with van der Waals surface area (Å²) in [4.78, 5) is 4.44. The highest BCUT2D eigenvalue weighted by molar-refractivity contribution is 5.85. The van der Waals surface area contributed by atoms with Crippen molar-refractivity contribution in [1.82, 2.24) is 10.1 Å². The Morgan fingerprint density at radius 2 is 1.95 bits per heavy atom. The minimum absolute atomic E-state index is 0. The summed E-state index contributed by atoms with van der Waals surface area (Å²) >= 11 is 0. The minimum atomic E-state index is -0.423. The summed E-state index contributed by atoms with van der Waals surface area (Å²) in [5, 5.41) is 4.03. The summed E-state index contributed by atoms with van der Waals surface area (Å²) in [6.07, 6.45) is 2.91. The van der Waals surface area contributed by atoms with Crippen LogP contribution in [0, 0.1) is 0 Å². The van der Waals surface area contributed by atoms with Crippen LogP contribution in [0.2, 0.25) is 0 Å². The van der Waals surface area contributed by atoms with E-state index in [1.54, 1.807) is 0 Å². The van der Waals surface area contributed by atoms with Crippen LogP contribution < -0.4 is 15.2 Å². The highest BCUT2D eigenvalue weighted by Crippen LogP contribution is 2.41. The van der Waals surface area contributed by atoms with Gasteiger partial charge in [0.2, 0.25) is 0 Å². The van der Waals surface area contributed by atoms with Gasteiger partial charge in [0.1, 0.15) is 13.2 Å². The molecule has 0 saturated heterocycles. The number of aromatic nitrogens is 2. The normalized spacial score (nSPS) is 18.5. The largest absolute Gasteiger partial charge is 0.486 e. The Morgan fingerprint density at radius 3 is 2.71 bits per heavy atom. The monoisotopic (exact) mass is 309 g/mol. The molecule has 2 N–H and O–H groups in total. The zero-order valence-electron chi connectivity index (χ0n) is 11.4. The van der Waals surface area contributed by atoms with Gasteiger partial charge in [-0.05, 0) is 31.4 Å². The Morgan fingerprint density at radius 1 is 1.14 bits per heavy atom. The molecule has 0 atom stereocenters. The van der Waals surface area contributed by atoms with Gasteiger partial charge in [-0.25, -0.2) is 0 Å². The molecule has 1 aliphatic carbocycles. The lowest BCUT2D eigenvalue weighted by molar-refractivity contribution is 0.172. The smallest absolute Gasteiger partial charge is 0.261 e. The Kier molecular flexibility index (Phi) is 3.51. The van der Waals surface area contributed by atoms with E-state index in [1.165, 1.54) is 0 Å². The van der Waals surface area contributed by atoms with Crippen molar-refractivity contribution in [2.45, 2.75) is 24.8 Å². The van der Waals surface area contributed by atoms with Gasteiger partial charge in [-0.2, -0.15) is 4.98 Å². The van der Waals surface area contributed by atoms with E-state index in [0.717, 1.165) is 24.8 Å². The molecule has 6 nitrogen and oxygen atoms in total. The molecule has 1 fully saturated rings. The third-order valence-electron chi connectivity index (χ3n) is 3.91. The molecule has 2 aliphatic rings. The number of halogens is 1. The second-order valence-corrected chi connectivity index (χ2v) is 5.26. The van der Waals surface area contributed by atoms with Crippen LogP contribution in [0.3, 0.4) is 0 Å². The Bertz CT molecular complexity index is 655. The molecule has 0 bridgehead atoms. The summed E-state index contributed by atoms with van der Waals surface area (Å²) in [5.41, 5.74) is 6.54. The van der Waals surface area contributed by atoms with Gasteiger partial charge < -0.3 is 19.7 Å². The van der Waals surface area contributed by atoms with Gasteiger partial charge in [0, 0.05) is 0 Å². The van der Waals surface area contributed by atoms with E-state index in [1.807, 2.05) is 18.2 Å². The van der Waals surface area contributed by atoms with Crippen LogP contribution in [0.15, 0.2) is 22.7 Å². The van der Waals surface area contributed by atoms with Crippen molar-refractivity contribution in [2.24, 2.45) is 5.73 Å². The van der Waals surface area contributed by atoms with Gasteiger partial charge in [0.25, 0.3) is 5.89 Å². The van der Waals surface area contributed by atoms with E-state index >= 15 is 0 Å². The molecule has 2 heterocycles. The quantitative estimate of drug-likeness (QED) is 0.916. The van der Waals surface area contributed by atoms with Gasteiger partial charge in [-0.3, -0.25) is 0 Å². The van der Waals surface area contributed by atoms with Crippen molar-refractivity contribution in [3.8, 4) is 23.0 Å². The highest BCUT2D eigenvalue weighted by Gasteiger charge is 2.39. The zero-order chi connectivity index (χ0) is 13.6. The number of rotatable bonds is 2. The SMILES string of the molecule is Cl.NC1(c2noc(-c3cccc4c3OCCO4)n2)CCC1. The van der Waals surface area contributed by atoms with Crippen LogP contribution in [0.5, 0.6) is 11.5 Å². The maximum Gasteiger partial charge on any atom is 0.261 e. The third kappa shape index (κ3) is 2.24. The van der Waals surface area contributed by atoms with E-state index in [4.69, 9.17) is 19.7 Å². The van der Waals surface area contributed by atoms with Crippen molar-refractivity contribution in [3.05, 3.63) is 24.0 Å². The Labute approximate surface area is 128 Å². The third-order valence-corrected chi connectivity index (χ3v) is 3.91. The molecule has 1 aromatic carbocycles. The molecule has 4 rings (SSSR count). The molecule has 112 valence electrons. The van der Waals surface area contributed by atoms with E-state index in [-0.39, 0.29) is 12.4 Å². The average Bonchev–Trinajstić information content (AvgIpc) is 2.94. The summed E-state index contributed by atoms with van der Waals surface area (Å²) in [6, 6.07) is 5.63.